The van der Waals surface area contributed by atoms with E-state index in [-0.39, 0.29) is 0 Å². The third-order valence-corrected chi connectivity index (χ3v) is 3.91. The smallest absolute Gasteiger partial charge is 0.179 e. The Morgan fingerprint density at radius 2 is 2.24 bits per heavy atom. The van der Waals surface area contributed by atoms with Crippen LogP contribution < -0.4 is 0 Å². The Morgan fingerprint density at radius 3 is 2.88 bits per heavy atom. The highest BCUT2D eigenvalue weighted by molar-refractivity contribution is 7.98. The first-order valence-corrected chi connectivity index (χ1v) is 7.62. The first-order chi connectivity index (χ1) is 8.19. The summed E-state index contributed by atoms with van der Waals surface area (Å²) in [6, 6.07) is 0. The van der Waals surface area contributed by atoms with Crippen molar-refractivity contribution in [2.75, 3.05) is 12.0 Å². The number of aromatic amines is 1. The molecule has 4 nitrogen and oxygen atoms in total. The number of thioether (sulfide) groups is 1. The topological polar surface area (TPSA) is 38.5 Å². The predicted octanol–water partition coefficient (Wildman–Crippen LogP) is 2.75. The van der Waals surface area contributed by atoms with Crippen molar-refractivity contribution < 1.29 is 0 Å². The molecule has 0 radical (unpaired) electrons. The molecule has 0 atom stereocenters. The summed E-state index contributed by atoms with van der Waals surface area (Å²) < 4.78 is 4.90. The van der Waals surface area contributed by atoms with Gasteiger partial charge in [-0.05, 0) is 37.1 Å². The van der Waals surface area contributed by atoms with Gasteiger partial charge >= 0.3 is 0 Å². The minimum Gasteiger partial charge on any atom is -0.328 e. The van der Waals surface area contributed by atoms with Crippen LogP contribution in [0, 0.1) is 4.77 Å². The lowest BCUT2D eigenvalue weighted by Gasteiger charge is -2.03. The van der Waals surface area contributed by atoms with E-state index in [2.05, 4.69) is 27.8 Å². The SMILES string of the molecule is CCc1nn(C)c2c1[nH]c(=S)n2CCCSC. The highest BCUT2D eigenvalue weighted by atomic mass is 32.2. The maximum Gasteiger partial charge on any atom is 0.179 e. The van der Waals surface area contributed by atoms with Crippen LogP contribution in [-0.4, -0.2) is 31.3 Å². The Bertz CT molecular complexity index is 564. The molecule has 0 saturated heterocycles. The highest BCUT2D eigenvalue weighted by Gasteiger charge is 2.13. The molecule has 2 rings (SSSR count). The Kier molecular flexibility index (Phi) is 3.93. The van der Waals surface area contributed by atoms with Crippen molar-refractivity contribution in [2.45, 2.75) is 26.3 Å². The summed E-state index contributed by atoms with van der Waals surface area (Å²) in [5, 5.41) is 4.51. The van der Waals surface area contributed by atoms with Crippen LogP contribution in [0.5, 0.6) is 0 Å². The molecule has 0 aliphatic rings. The number of rotatable bonds is 5. The van der Waals surface area contributed by atoms with Crippen LogP contribution in [0.1, 0.15) is 19.0 Å². The first-order valence-electron chi connectivity index (χ1n) is 5.82. The van der Waals surface area contributed by atoms with Gasteiger partial charge in [0.05, 0.1) is 5.69 Å². The van der Waals surface area contributed by atoms with E-state index in [1.807, 2.05) is 23.5 Å². The third-order valence-electron chi connectivity index (χ3n) is 2.89. The van der Waals surface area contributed by atoms with Crippen molar-refractivity contribution in [3.05, 3.63) is 10.5 Å². The van der Waals surface area contributed by atoms with Crippen molar-refractivity contribution in [2.24, 2.45) is 7.05 Å². The summed E-state index contributed by atoms with van der Waals surface area (Å²) in [6.07, 6.45) is 4.19. The molecule has 2 heterocycles. The van der Waals surface area contributed by atoms with Crippen LogP contribution in [0.2, 0.25) is 0 Å². The lowest BCUT2D eigenvalue weighted by molar-refractivity contribution is 0.655. The molecular formula is C11H18N4S2. The van der Waals surface area contributed by atoms with E-state index in [4.69, 9.17) is 12.2 Å². The molecule has 0 aromatic carbocycles. The zero-order chi connectivity index (χ0) is 12.4. The largest absolute Gasteiger partial charge is 0.328 e. The average Bonchev–Trinajstić information content (AvgIpc) is 2.78. The summed E-state index contributed by atoms with van der Waals surface area (Å²) in [4.78, 5) is 3.28. The number of fused-ring (bicyclic) bond motifs is 1. The van der Waals surface area contributed by atoms with Crippen LogP contribution in [0.4, 0.5) is 0 Å². The molecule has 0 aliphatic heterocycles. The van der Waals surface area contributed by atoms with Crippen molar-refractivity contribution >= 4 is 35.1 Å². The van der Waals surface area contributed by atoms with E-state index in [0.29, 0.717) is 0 Å². The van der Waals surface area contributed by atoms with E-state index >= 15 is 0 Å². The van der Waals surface area contributed by atoms with E-state index in [1.165, 1.54) is 0 Å². The third kappa shape index (κ3) is 2.28. The molecule has 0 fully saturated rings. The quantitative estimate of drug-likeness (QED) is 0.670. The Labute approximate surface area is 110 Å². The summed E-state index contributed by atoms with van der Waals surface area (Å²) in [5.74, 6) is 1.16. The van der Waals surface area contributed by atoms with Gasteiger partial charge in [-0.25, -0.2) is 0 Å². The maximum atomic E-state index is 5.38. The molecular weight excluding hydrogens is 252 g/mol. The Hall–Kier alpha value is -0.750. The maximum absolute atomic E-state index is 5.38. The van der Waals surface area contributed by atoms with Gasteiger partial charge in [-0.3, -0.25) is 4.68 Å². The highest BCUT2D eigenvalue weighted by Crippen LogP contribution is 2.18. The van der Waals surface area contributed by atoms with Gasteiger partial charge in [0.25, 0.3) is 0 Å². The molecule has 1 N–H and O–H groups in total. The Morgan fingerprint density at radius 1 is 1.47 bits per heavy atom. The monoisotopic (exact) mass is 270 g/mol. The van der Waals surface area contributed by atoms with Crippen LogP contribution in [-0.2, 0) is 20.0 Å². The number of aromatic nitrogens is 4. The molecule has 0 bridgehead atoms. The molecule has 94 valence electrons. The van der Waals surface area contributed by atoms with Gasteiger partial charge in [0.15, 0.2) is 10.4 Å². The molecule has 0 amide bonds. The van der Waals surface area contributed by atoms with Gasteiger partial charge in [-0.2, -0.15) is 16.9 Å². The van der Waals surface area contributed by atoms with Crippen LogP contribution in [0.25, 0.3) is 11.2 Å². The lowest BCUT2D eigenvalue weighted by atomic mass is 10.3. The van der Waals surface area contributed by atoms with Crippen LogP contribution in [0.15, 0.2) is 0 Å². The van der Waals surface area contributed by atoms with E-state index in [0.717, 1.165) is 46.8 Å². The zero-order valence-electron chi connectivity index (χ0n) is 10.5. The lowest BCUT2D eigenvalue weighted by Crippen LogP contribution is -2.04. The summed E-state index contributed by atoms with van der Waals surface area (Å²) in [5.41, 5.74) is 3.31. The molecule has 17 heavy (non-hydrogen) atoms. The second-order valence-electron chi connectivity index (χ2n) is 4.05. The van der Waals surface area contributed by atoms with E-state index < -0.39 is 0 Å². The molecule has 2 aromatic heterocycles. The Balaban J connectivity index is 2.44. The van der Waals surface area contributed by atoms with Crippen molar-refractivity contribution in [3.8, 4) is 0 Å². The second-order valence-corrected chi connectivity index (χ2v) is 5.42. The van der Waals surface area contributed by atoms with E-state index in [1.54, 1.807) is 0 Å². The number of H-pyrrole nitrogens is 1. The fourth-order valence-electron chi connectivity index (χ4n) is 2.10. The van der Waals surface area contributed by atoms with Crippen LogP contribution in [0.3, 0.4) is 0 Å². The van der Waals surface area contributed by atoms with Gasteiger partial charge in [-0.15, -0.1) is 0 Å². The minimum atomic E-state index is 0.809. The summed E-state index contributed by atoms with van der Waals surface area (Å²) >= 11 is 7.25. The number of aryl methyl sites for hydroxylation is 3. The van der Waals surface area contributed by atoms with E-state index in [9.17, 15) is 0 Å². The van der Waals surface area contributed by atoms with Crippen molar-refractivity contribution in [1.29, 1.82) is 0 Å². The van der Waals surface area contributed by atoms with Crippen LogP contribution >= 0.6 is 24.0 Å². The number of imidazole rings is 1. The molecule has 6 heteroatoms. The standard InChI is InChI=1S/C11H18N4S2/c1-4-8-9-10(14(2)13-8)15(11(16)12-9)6-5-7-17-3/h4-7H2,1-3H3,(H,12,16). The normalized spacial score (nSPS) is 11.5. The molecule has 0 aliphatic carbocycles. The molecule has 0 saturated carbocycles. The summed E-state index contributed by atoms with van der Waals surface area (Å²) in [6.45, 7) is 3.08. The van der Waals surface area contributed by atoms with Gasteiger partial charge in [0.2, 0.25) is 0 Å². The second kappa shape index (κ2) is 5.27. The zero-order valence-corrected chi connectivity index (χ0v) is 12.1. The van der Waals surface area contributed by atoms with Gasteiger partial charge in [-0.1, -0.05) is 6.92 Å². The predicted molar refractivity (Wildman–Crippen MR) is 76.3 cm³/mol. The average molecular weight is 270 g/mol. The fourth-order valence-corrected chi connectivity index (χ4v) is 2.80. The number of nitrogens with zero attached hydrogens (tertiary/aromatic N) is 3. The number of hydrogen-bond donors (Lipinski definition) is 1. The molecule has 0 unspecified atom stereocenters. The molecule has 0 spiro atoms. The summed E-state index contributed by atoms with van der Waals surface area (Å²) in [7, 11) is 1.98. The molecule has 2 aromatic rings. The van der Waals surface area contributed by atoms with Crippen molar-refractivity contribution in [3.63, 3.8) is 0 Å². The fraction of sp³-hybridized carbons (Fsp3) is 0.636. The number of nitrogens with one attached hydrogen (secondary N) is 1. The minimum absolute atomic E-state index is 0.809. The first kappa shape index (κ1) is 12.7. The number of hydrogen-bond acceptors (Lipinski definition) is 3. The van der Waals surface area contributed by atoms with Crippen molar-refractivity contribution in [1.82, 2.24) is 19.3 Å². The van der Waals surface area contributed by atoms with Gasteiger partial charge in [0, 0.05) is 13.6 Å². The van der Waals surface area contributed by atoms with Gasteiger partial charge in [0.1, 0.15) is 5.52 Å². The van der Waals surface area contributed by atoms with Gasteiger partial charge < -0.3 is 9.55 Å².